The van der Waals surface area contributed by atoms with E-state index in [4.69, 9.17) is 10.8 Å². The van der Waals surface area contributed by atoms with Gasteiger partial charge in [-0.15, -0.1) is 0 Å². The van der Waals surface area contributed by atoms with Gasteiger partial charge in [0.15, 0.2) is 0 Å². The lowest BCUT2D eigenvalue weighted by Gasteiger charge is -2.08. The van der Waals surface area contributed by atoms with Gasteiger partial charge in [0.1, 0.15) is 0 Å². The van der Waals surface area contributed by atoms with Crippen molar-refractivity contribution in [2.24, 2.45) is 5.73 Å². The number of unbranched alkanes of at least 4 members (excludes halogenated alkanes) is 2. The summed E-state index contributed by atoms with van der Waals surface area (Å²) in [6.07, 6.45) is 2.87. The summed E-state index contributed by atoms with van der Waals surface area (Å²) in [5.74, 6) is -1.45. The number of carbonyl (C=O) groups is 3. The summed E-state index contributed by atoms with van der Waals surface area (Å²) in [5, 5.41) is 13.8. The van der Waals surface area contributed by atoms with Crippen LogP contribution in [0.5, 0.6) is 0 Å². The molecule has 0 atom stereocenters. The average Bonchev–Trinajstić information content (AvgIpc) is 2.51. The summed E-state index contributed by atoms with van der Waals surface area (Å²) in [5.41, 5.74) is 6.31. The second-order valence-corrected chi connectivity index (χ2v) is 5.13. The second-order valence-electron chi connectivity index (χ2n) is 5.13. The Labute approximate surface area is 135 Å². The van der Waals surface area contributed by atoms with Crippen LogP contribution in [0.2, 0.25) is 0 Å². The van der Waals surface area contributed by atoms with Crippen LogP contribution < -0.4 is 16.4 Å². The lowest BCUT2D eigenvalue weighted by Crippen LogP contribution is -2.26. The number of amides is 2. The fourth-order valence-corrected chi connectivity index (χ4v) is 1.95. The molecular formula is C16H23N3O4. The van der Waals surface area contributed by atoms with E-state index >= 15 is 0 Å². The minimum absolute atomic E-state index is 0.0614. The van der Waals surface area contributed by atoms with Crippen LogP contribution >= 0.6 is 0 Å². The van der Waals surface area contributed by atoms with Crippen LogP contribution in [0, 0.1) is 0 Å². The molecular weight excluding hydrogens is 298 g/mol. The van der Waals surface area contributed by atoms with Crippen LogP contribution in [-0.4, -0.2) is 36.0 Å². The molecule has 0 aliphatic heterocycles. The molecule has 5 N–H and O–H groups in total. The number of benzene rings is 1. The van der Waals surface area contributed by atoms with E-state index in [1.165, 1.54) is 0 Å². The zero-order valence-corrected chi connectivity index (χ0v) is 13.0. The predicted octanol–water partition coefficient (Wildman–Crippen LogP) is 1.35. The van der Waals surface area contributed by atoms with E-state index in [0.29, 0.717) is 24.2 Å². The molecule has 0 fully saturated rings. The van der Waals surface area contributed by atoms with E-state index in [0.717, 1.165) is 19.3 Å². The maximum Gasteiger partial charge on any atom is 0.305 e. The lowest BCUT2D eigenvalue weighted by molar-refractivity contribution is -0.136. The number of anilines is 1. The van der Waals surface area contributed by atoms with Gasteiger partial charge in [-0.1, -0.05) is 12.5 Å². The van der Waals surface area contributed by atoms with Crippen molar-refractivity contribution < 1.29 is 19.5 Å². The number of hydrogen-bond acceptors (Lipinski definition) is 4. The summed E-state index contributed by atoms with van der Waals surface area (Å²) in [7, 11) is 0. The number of aliphatic carboxylic acids is 1. The number of hydrogen-bond donors (Lipinski definition) is 4. The van der Waals surface area contributed by atoms with Gasteiger partial charge in [-0.2, -0.15) is 0 Å². The van der Waals surface area contributed by atoms with E-state index in [2.05, 4.69) is 10.6 Å². The van der Waals surface area contributed by atoms with Gasteiger partial charge < -0.3 is 21.5 Å². The van der Waals surface area contributed by atoms with Gasteiger partial charge in [-0.25, -0.2) is 0 Å². The number of nitrogens with two attached hydrogens (primary N) is 1. The molecule has 126 valence electrons. The van der Waals surface area contributed by atoms with Crippen molar-refractivity contribution in [2.45, 2.75) is 32.1 Å². The van der Waals surface area contributed by atoms with Crippen LogP contribution in [0.25, 0.3) is 0 Å². The molecule has 7 heteroatoms. The van der Waals surface area contributed by atoms with Crippen molar-refractivity contribution in [3.63, 3.8) is 0 Å². The Hall–Kier alpha value is -2.41. The van der Waals surface area contributed by atoms with Crippen LogP contribution in [0.4, 0.5) is 5.69 Å². The fourth-order valence-electron chi connectivity index (χ4n) is 1.95. The van der Waals surface area contributed by atoms with Crippen molar-refractivity contribution >= 4 is 23.5 Å². The molecule has 23 heavy (non-hydrogen) atoms. The standard InChI is InChI=1S/C16H23N3O4/c17-9-3-1-2-7-14(20)19-13-6-4-5-12(11-13)16(23)18-10-8-15(21)22/h4-6,11H,1-3,7-10,17H2,(H,18,23)(H,19,20)(H,21,22). The molecule has 7 nitrogen and oxygen atoms in total. The number of carbonyl (C=O) groups excluding carboxylic acids is 2. The molecule has 1 aromatic rings. The van der Waals surface area contributed by atoms with Gasteiger partial charge in [0.05, 0.1) is 6.42 Å². The molecule has 0 unspecified atom stereocenters. The van der Waals surface area contributed by atoms with Crippen molar-refractivity contribution in [1.29, 1.82) is 0 Å². The van der Waals surface area contributed by atoms with Crippen LogP contribution in [-0.2, 0) is 9.59 Å². The maximum atomic E-state index is 11.9. The van der Waals surface area contributed by atoms with Gasteiger partial charge in [0.2, 0.25) is 5.91 Å². The Balaban J connectivity index is 2.47. The summed E-state index contributed by atoms with van der Waals surface area (Å²) in [6.45, 7) is 0.687. The molecule has 0 heterocycles. The van der Waals surface area contributed by atoms with E-state index in [9.17, 15) is 14.4 Å². The average molecular weight is 321 g/mol. The largest absolute Gasteiger partial charge is 0.481 e. The van der Waals surface area contributed by atoms with Crippen molar-refractivity contribution in [1.82, 2.24) is 5.32 Å². The second kappa shape index (κ2) is 10.3. The third-order valence-electron chi connectivity index (χ3n) is 3.14. The topological polar surface area (TPSA) is 122 Å². The Morgan fingerprint density at radius 3 is 2.57 bits per heavy atom. The summed E-state index contributed by atoms with van der Waals surface area (Å²) in [6, 6.07) is 6.53. The van der Waals surface area contributed by atoms with Gasteiger partial charge in [-0.05, 0) is 37.6 Å². The highest BCUT2D eigenvalue weighted by Gasteiger charge is 2.08. The molecule has 1 aromatic carbocycles. The third-order valence-corrected chi connectivity index (χ3v) is 3.14. The number of carboxylic acids is 1. The summed E-state index contributed by atoms with van der Waals surface area (Å²) >= 11 is 0. The van der Waals surface area contributed by atoms with Crippen molar-refractivity contribution in [3.05, 3.63) is 29.8 Å². The monoisotopic (exact) mass is 321 g/mol. The van der Waals surface area contributed by atoms with Crippen molar-refractivity contribution in [2.75, 3.05) is 18.4 Å². The molecule has 0 saturated carbocycles. The molecule has 2 amide bonds. The van der Waals surface area contributed by atoms with Crippen LogP contribution in [0.15, 0.2) is 24.3 Å². The Morgan fingerprint density at radius 2 is 1.87 bits per heavy atom. The van der Waals surface area contributed by atoms with Gasteiger partial charge in [-0.3, -0.25) is 14.4 Å². The first kappa shape index (κ1) is 18.6. The highest BCUT2D eigenvalue weighted by molar-refractivity contribution is 5.97. The quantitative estimate of drug-likeness (QED) is 0.485. The molecule has 0 saturated heterocycles. The first-order chi connectivity index (χ1) is 11.0. The first-order valence-corrected chi connectivity index (χ1v) is 7.63. The maximum absolute atomic E-state index is 11.9. The van der Waals surface area contributed by atoms with Gasteiger partial charge >= 0.3 is 5.97 Å². The molecule has 1 rings (SSSR count). The van der Waals surface area contributed by atoms with E-state index in [-0.39, 0.29) is 24.8 Å². The molecule has 0 aliphatic carbocycles. The molecule has 0 bridgehead atoms. The normalized spacial score (nSPS) is 10.1. The minimum atomic E-state index is -0.971. The fraction of sp³-hybridized carbons (Fsp3) is 0.438. The zero-order valence-electron chi connectivity index (χ0n) is 13.0. The summed E-state index contributed by atoms with van der Waals surface area (Å²) in [4.78, 5) is 34.1. The SMILES string of the molecule is NCCCCCC(=O)Nc1cccc(C(=O)NCCC(=O)O)c1. The van der Waals surface area contributed by atoms with E-state index in [1.807, 2.05) is 0 Å². The van der Waals surface area contributed by atoms with E-state index in [1.54, 1.807) is 24.3 Å². The van der Waals surface area contributed by atoms with E-state index < -0.39 is 5.97 Å². The Kier molecular flexibility index (Phi) is 8.38. The first-order valence-electron chi connectivity index (χ1n) is 7.63. The number of carboxylic acid groups (broad SMARTS) is 1. The lowest BCUT2D eigenvalue weighted by atomic mass is 10.1. The highest BCUT2D eigenvalue weighted by atomic mass is 16.4. The highest BCUT2D eigenvalue weighted by Crippen LogP contribution is 2.12. The van der Waals surface area contributed by atoms with Gasteiger partial charge in [0.25, 0.3) is 5.91 Å². The van der Waals surface area contributed by atoms with Crippen LogP contribution in [0.1, 0.15) is 42.5 Å². The molecule has 0 aliphatic rings. The summed E-state index contributed by atoms with van der Waals surface area (Å²) < 4.78 is 0. The predicted molar refractivity (Wildman–Crippen MR) is 87.2 cm³/mol. The number of nitrogens with one attached hydrogen (secondary N) is 2. The zero-order chi connectivity index (χ0) is 17.1. The third kappa shape index (κ3) is 7.96. The van der Waals surface area contributed by atoms with Crippen molar-refractivity contribution in [3.8, 4) is 0 Å². The smallest absolute Gasteiger partial charge is 0.305 e. The molecule has 0 aromatic heterocycles. The molecule has 0 spiro atoms. The molecule has 0 radical (unpaired) electrons. The minimum Gasteiger partial charge on any atom is -0.481 e. The van der Waals surface area contributed by atoms with Gasteiger partial charge in [0, 0.05) is 24.2 Å². The Bertz CT molecular complexity index is 546. The Morgan fingerprint density at radius 1 is 1.09 bits per heavy atom. The number of rotatable bonds is 10. The van der Waals surface area contributed by atoms with Crippen LogP contribution in [0.3, 0.4) is 0 Å².